The van der Waals surface area contributed by atoms with E-state index in [1.165, 1.54) is 0 Å². The van der Waals surface area contributed by atoms with Crippen molar-refractivity contribution in [2.24, 2.45) is 16.7 Å². The number of halogens is 3. The van der Waals surface area contributed by atoms with Gasteiger partial charge in [-0.05, 0) is 24.2 Å². The molecule has 1 amide bonds. The zero-order valence-electron chi connectivity index (χ0n) is 10.5. The normalized spacial score (nSPS) is 38.0. The number of ketones is 1. The van der Waals surface area contributed by atoms with Gasteiger partial charge in [0.2, 0.25) is 0 Å². The highest BCUT2D eigenvalue weighted by Gasteiger charge is 2.67. The largest absolute Gasteiger partial charge is 0.471 e. The highest BCUT2D eigenvalue weighted by Crippen LogP contribution is 2.63. The number of carbonyl (C=O) groups is 2. The SMILES string of the molecule is CC1(C)[C@@H]2CC[C@@]1(C)C(=O)[C@@H]2NC(=O)C(F)(F)F. The summed E-state index contributed by atoms with van der Waals surface area (Å²) in [6.45, 7) is 5.57. The molecule has 2 fully saturated rings. The maximum absolute atomic E-state index is 12.2. The monoisotopic (exact) mass is 263 g/mol. The number of carbonyl (C=O) groups excluding carboxylic acids is 2. The fourth-order valence-corrected chi connectivity index (χ4v) is 3.48. The maximum atomic E-state index is 12.2. The number of amides is 1. The number of alkyl halides is 3. The van der Waals surface area contributed by atoms with Crippen LogP contribution in [0, 0.1) is 16.7 Å². The van der Waals surface area contributed by atoms with Gasteiger partial charge in [-0.25, -0.2) is 0 Å². The molecular formula is C12H16F3NO2. The highest BCUT2D eigenvalue weighted by atomic mass is 19.4. The quantitative estimate of drug-likeness (QED) is 0.787. The van der Waals surface area contributed by atoms with Crippen molar-refractivity contribution in [3.05, 3.63) is 0 Å². The van der Waals surface area contributed by atoms with Crippen LogP contribution >= 0.6 is 0 Å². The molecule has 2 saturated carbocycles. The third kappa shape index (κ3) is 1.50. The van der Waals surface area contributed by atoms with Crippen LogP contribution in [0.5, 0.6) is 0 Å². The van der Waals surface area contributed by atoms with E-state index in [0.717, 1.165) is 0 Å². The summed E-state index contributed by atoms with van der Waals surface area (Å²) in [6, 6.07) is -0.993. The van der Waals surface area contributed by atoms with E-state index in [4.69, 9.17) is 0 Å². The van der Waals surface area contributed by atoms with E-state index in [1.807, 2.05) is 19.2 Å². The van der Waals surface area contributed by atoms with Crippen LogP contribution in [0.15, 0.2) is 0 Å². The lowest BCUT2D eigenvalue weighted by atomic mass is 9.70. The molecule has 102 valence electrons. The van der Waals surface area contributed by atoms with Gasteiger partial charge in [0.1, 0.15) is 0 Å². The molecule has 1 N–H and O–H groups in total. The molecule has 2 bridgehead atoms. The first kappa shape index (κ1) is 13.4. The van der Waals surface area contributed by atoms with Gasteiger partial charge >= 0.3 is 12.1 Å². The van der Waals surface area contributed by atoms with E-state index >= 15 is 0 Å². The molecule has 2 rings (SSSR count). The number of hydrogen-bond donors (Lipinski definition) is 1. The molecule has 0 aliphatic heterocycles. The summed E-state index contributed by atoms with van der Waals surface area (Å²) in [6.07, 6.45) is -3.58. The number of fused-ring (bicyclic) bond motifs is 2. The second kappa shape index (κ2) is 3.48. The Labute approximate surface area is 103 Å². The van der Waals surface area contributed by atoms with Gasteiger partial charge < -0.3 is 5.32 Å². The third-order valence-electron chi connectivity index (χ3n) is 5.08. The zero-order chi connectivity index (χ0) is 13.9. The third-order valence-corrected chi connectivity index (χ3v) is 5.08. The van der Waals surface area contributed by atoms with Crippen molar-refractivity contribution >= 4 is 11.7 Å². The van der Waals surface area contributed by atoms with Crippen LogP contribution in [0.2, 0.25) is 0 Å². The van der Waals surface area contributed by atoms with E-state index in [2.05, 4.69) is 0 Å². The van der Waals surface area contributed by atoms with E-state index in [9.17, 15) is 22.8 Å². The molecule has 0 spiro atoms. The lowest BCUT2D eigenvalue weighted by Crippen LogP contribution is -2.50. The first-order chi connectivity index (χ1) is 8.02. The first-order valence-electron chi connectivity index (χ1n) is 5.94. The van der Waals surface area contributed by atoms with Gasteiger partial charge in [-0.2, -0.15) is 13.2 Å². The molecule has 3 atom stereocenters. The van der Waals surface area contributed by atoms with Gasteiger partial charge in [-0.1, -0.05) is 20.8 Å². The van der Waals surface area contributed by atoms with Crippen molar-refractivity contribution in [3.8, 4) is 0 Å². The van der Waals surface area contributed by atoms with Gasteiger partial charge in [-0.15, -0.1) is 0 Å². The summed E-state index contributed by atoms with van der Waals surface area (Å²) < 4.78 is 36.7. The molecule has 2 aliphatic rings. The second-order valence-electron chi connectivity index (χ2n) is 6.01. The van der Waals surface area contributed by atoms with Crippen LogP contribution in [0.1, 0.15) is 33.6 Å². The summed E-state index contributed by atoms with van der Waals surface area (Å²) in [5, 5.41) is 1.87. The summed E-state index contributed by atoms with van der Waals surface area (Å²) in [4.78, 5) is 23.2. The molecule has 0 aromatic heterocycles. The molecule has 0 saturated heterocycles. The fourth-order valence-electron chi connectivity index (χ4n) is 3.48. The van der Waals surface area contributed by atoms with Gasteiger partial charge in [0.15, 0.2) is 5.78 Å². The molecular weight excluding hydrogens is 247 g/mol. The van der Waals surface area contributed by atoms with Crippen molar-refractivity contribution in [2.45, 2.75) is 45.8 Å². The van der Waals surface area contributed by atoms with E-state index in [1.54, 1.807) is 6.92 Å². The van der Waals surface area contributed by atoms with Gasteiger partial charge in [0.05, 0.1) is 6.04 Å². The van der Waals surface area contributed by atoms with E-state index < -0.39 is 23.5 Å². The maximum Gasteiger partial charge on any atom is 0.471 e. The molecule has 6 heteroatoms. The second-order valence-corrected chi connectivity index (χ2v) is 6.01. The topological polar surface area (TPSA) is 46.2 Å². The standard InChI is InChI=1S/C12H16F3NO2/c1-10(2)6-4-5-11(10,3)8(17)7(6)16-9(18)12(13,14)15/h6-7H,4-5H2,1-3H3,(H,16,18)/t6-,7-,11+/m1/s1. The number of hydrogen-bond acceptors (Lipinski definition) is 2. The fraction of sp³-hybridized carbons (Fsp3) is 0.833. The minimum Gasteiger partial charge on any atom is -0.338 e. The zero-order valence-corrected chi connectivity index (χ0v) is 10.5. The van der Waals surface area contributed by atoms with Crippen molar-refractivity contribution in [3.63, 3.8) is 0 Å². The Morgan fingerprint density at radius 1 is 1.33 bits per heavy atom. The van der Waals surface area contributed by atoms with Crippen LogP contribution in [-0.2, 0) is 9.59 Å². The molecule has 0 aromatic rings. The highest BCUT2D eigenvalue weighted by molar-refractivity contribution is 5.97. The lowest BCUT2D eigenvalue weighted by Gasteiger charge is -2.32. The van der Waals surface area contributed by atoms with Gasteiger partial charge in [0.25, 0.3) is 0 Å². The predicted octanol–water partition coefficient (Wildman–Crippen LogP) is 2.06. The Morgan fingerprint density at radius 2 is 1.89 bits per heavy atom. The predicted molar refractivity (Wildman–Crippen MR) is 57.6 cm³/mol. The molecule has 0 radical (unpaired) electrons. The summed E-state index contributed by atoms with van der Waals surface area (Å²) in [5.41, 5.74) is -0.991. The molecule has 0 aromatic carbocycles. The molecule has 0 heterocycles. The van der Waals surface area contributed by atoms with Gasteiger partial charge in [-0.3, -0.25) is 9.59 Å². The average Bonchev–Trinajstić information content (AvgIpc) is 2.51. The molecule has 3 nitrogen and oxygen atoms in total. The Hall–Kier alpha value is -1.07. The van der Waals surface area contributed by atoms with Crippen molar-refractivity contribution in [1.29, 1.82) is 0 Å². The lowest BCUT2D eigenvalue weighted by molar-refractivity contribution is -0.175. The molecule has 18 heavy (non-hydrogen) atoms. The number of rotatable bonds is 1. The van der Waals surface area contributed by atoms with Crippen LogP contribution in [0.3, 0.4) is 0 Å². The number of nitrogens with one attached hydrogen (secondary N) is 1. The average molecular weight is 263 g/mol. The van der Waals surface area contributed by atoms with Crippen LogP contribution in [0.4, 0.5) is 13.2 Å². The van der Waals surface area contributed by atoms with Crippen LogP contribution < -0.4 is 5.32 Å². The molecule has 0 unspecified atom stereocenters. The minimum atomic E-state index is -4.94. The summed E-state index contributed by atoms with van der Waals surface area (Å²) in [7, 11) is 0. The van der Waals surface area contributed by atoms with Crippen LogP contribution in [0.25, 0.3) is 0 Å². The Balaban J connectivity index is 2.24. The van der Waals surface area contributed by atoms with E-state index in [-0.39, 0.29) is 17.1 Å². The van der Waals surface area contributed by atoms with Crippen molar-refractivity contribution in [1.82, 2.24) is 5.32 Å². The van der Waals surface area contributed by atoms with Crippen molar-refractivity contribution < 1.29 is 22.8 Å². The minimum absolute atomic E-state index is 0.207. The Bertz CT molecular complexity index is 416. The summed E-state index contributed by atoms with van der Waals surface area (Å²) in [5.74, 6) is -2.49. The summed E-state index contributed by atoms with van der Waals surface area (Å²) >= 11 is 0. The Morgan fingerprint density at radius 3 is 2.28 bits per heavy atom. The first-order valence-corrected chi connectivity index (χ1v) is 5.94. The van der Waals surface area contributed by atoms with E-state index in [0.29, 0.717) is 12.8 Å². The molecule has 2 aliphatic carbocycles. The van der Waals surface area contributed by atoms with Crippen LogP contribution in [-0.4, -0.2) is 23.9 Å². The van der Waals surface area contributed by atoms with Crippen molar-refractivity contribution in [2.75, 3.05) is 0 Å². The smallest absolute Gasteiger partial charge is 0.338 e. The van der Waals surface area contributed by atoms with Gasteiger partial charge in [0, 0.05) is 5.41 Å². The Kier molecular flexibility index (Phi) is 2.59. The number of Topliss-reactive ketones (excluding diaryl/α,β-unsaturated/α-hetero) is 1.